The fraction of sp³-hybridized carbons (Fsp3) is 0.286. The van der Waals surface area contributed by atoms with Gasteiger partial charge in [-0.25, -0.2) is 0 Å². The molecule has 1 aliphatic heterocycles. The van der Waals surface area contributed by atoms with E-state index in [1.54, 1.807) is 11.3 Å². The summed E-state index contributed by atoms with van der Waals surface area (Å²) in [4.78, 5) is 0. The lowest BCUT2D eigenvalue weighted by molar-refractivity contribution is 0.220. The van der Waals surface area contributed by atoms with Crippen LogP contribution >= 0.6 is 27.3 Å². The zero-order valence-electron chi connectivity index (χ0n) is 9.89. The van der Waals surface area contributed by atoms with Gasteiger partial charge in [-0.15, -0.1) is 11.3 Å². The molecule has 18 heavy (non-hydrogen) atoms. The molecule has 94 valence electrons. The van der Waals surface area contributed by atoms with E-state index in [-0.39, 0.29) is 6.10 Å². The van der Waals surface area contributed by atoms with Gasteiger partial charge < -0.3 is 9.84 Å². The molecule has 1 N–H and O–H groups in total. The molecular weight excluding hydrogens is 312 g/mol. The van der Waals surface area contributed by atoms with Gasteiger partial charge in [0.25, 0.3) is 0 Å². The third-order valence-electron chi connectivity index (χ3n) is 3.14. The van der Waals surface area contributed by atoms with Crippen molar-refractivity contribution < 1.29 is 9.84 Å². The van der Waals surface area contributed by atoms with Gasteiger partial charge in [0, 0.05) is 6.42 Å². The maximum absolute atomic E-state index is 10.3. The zero-order valence-corrected chi connectivity index (χ0v) is 12.3. The first-order valence-electron chi connectivity index (χ1n) is 5.85. The van der Waals surface area contributed by atoms with Gasteiger partial charge in [-0.2, -0.15) is 0 Å². The van der Waals surface area contributed by atoms with Crippen LogP contribution in [0.25, 0.3) is 0 Å². The van der Waals surface area contributed by atoms with E-state index in [4.69, 9.17) is 4.74 Å². The van der Waals surface area contributed by atoms with E-state index in [9.17, 15) is 5.11 Å². The summed E-state index contributed by atoms with van der Waals surface area (Å²) in [6, 6.07) is 7.91. The van der Waals surface area contributed by atoms with Crippen LogP contribution in [0.5, 0.6) is 5.75 Å². The number of halogens is 1. The second-order valence-electron chi connectivity index (χ2n) is 4.59. The van der Waals surface area contributed by atoms with Crippen molar-refractivity contribution in [2.45, 2.75) is 25.6 Å². The van der Waals surface area contributed by atoms with E-state index in [2.05, 4.69) is 28.9 Å². The predicted molar refractivity (Wildman–Crippen MR) is 76.3 cm³/mol. The van der Waals surface area contributed by atoms with Crippen LogP contribution in [0, 0.1) is 0 Å². The van der Waals surface area contributed by atoms with Gasteiger partial charge in [-0.05, 0) is 63.1 Å². The second-order valence-corrected chi connectivity index (χ2v) is 6.88. The molecule has 2 heterocycles. The first-order chi connectivity index (χ1) is 8.63. The van der Waals surface area contributed by atoms with E-state index in [0.717, 1.165) is 27.1 Å². The molecule has 3 rings (SSSR count). The van der Waals surface area contributed by atoms with Gasteiger partial charge in [-0.3, -0.25) is 0 Å². The molecule has 1 aromatic carbocycles. The largest absolute Gasteiger partial charge is 0.490 e. The number of rotatable bonds is 2. The Hall–Kier alpha value is -0.840. The summed E-state index contributed by atoms with van der Waals surface area (Å²) in [5, 5.41) is 12.3. The third kappa shape index (κ3) is 2.20. The monoisotopic (exact) mass is 324 g/mol. The number of hydrogen-bond acceptors (Lipinski definition) is 3. The van der Waals surface area contributed by atoms with E-state index in [0.29, 0.717) is 0 Å². The highest BCUT2D eigenvalue weighted by molar-refractivity contribution is 9.11. The maximum Gasteiger partial charge on any atom is 0.123 e. The summed E-state index contributed by atoms with van der Waals surface area (Å²) in [6.45, 7) is 2.06. The average molecular weight is 325 g/mol. The summed E-state index contributed by atoms with van der Waals surface area (Å²) in [6.07, 6.45) is 0.597. The summed E-state index contributed by atoms with van der Waals surface area (Å²) in [5.74, 6) is 0.949. The number of fused-ring (bicyclic) bond motifs is 1. The van der Waals surface area contributed by atoms with Crippen LogP contribution in [0.4, 0.5) is 0 Å². The third-order valence-corrected chi connectivity index (χ3v) is 4.66. The van der Waals surface area contributed by atoms with Crippen molar-refractivity contribution in [3.63, 3.8) is 0 Å². The lowest BCUT2D eigenvalue weighted by atomic mass is 10.0. The summed E-state index contributed by atoms with van der Waals surface area (Å²) < 4.78 is 6.70. The molecule has 0 aliphatic carbocycles. The van der Waals surface area contributed by atoms with Crippen molar-refractivity contribution in [2.24, 2.45) is 0 Å². The summed E-state index contributed by atoms with van der Waals surface area (Å²) in [5.41, 5.74) is 3.05. The number of aliphatic hydroxyl groups is 1. The number of hydrogen-bond donors (Lipinski definition) is 1. The number of benzene rings is 1. The Balaban J connectivity index is 1.91. The Kier molecular flexibility index (Phi) is 3.18. The molecule has 0 amide bonds. The molecule has 0 spiro atoms. The minimum Gasteiger partial charge on any atom is -0.490 e. The molecule has 0 saturated carbocycles. The van der Waals surface area contributed by atoms with Crippen LogP contribution in [-0.2, 0) is 6.42 Å². The molecule has 2 nitrogen and oxygen atoms in total. The van der Waals surface area contributed by atoms with Gasteiger partial charge in [-0.1, -0.05) is 6.07 Å². The van der Waals surface area contributed by atoms with Gasteiger partial charge in [0.05, 0.1) is 3.79 Å². The van der Waals surface area contributed by atoms with Gasteiger partial charge >= 0.3 is 0 Å². The molecule has 2 unspecified atom stereocenters. The Morgan fingerprint density at radius 3 is 2.94 bits per heavy atom. The van der Waals surface area contributed by atoms with Crippen molar-refractivity contribution in [3.8, 4) is 5.75 Å². The van der Waals surface area contributed by atoms with Crippen molar-refractivity contribution in [1.29, 1.82) is 0 Å². The van der Waals surface area contributed by atoms with Crippen molar-refractivity contribution >= 4 is 27.3 Å². The number of thiophene rings is 1. The quantitative estimate of drug-likeness (QED) is 0.907. The van der Waals surface area contributed by atoms with Gasteiger partial charge in [0.2, 0.25) is 0 Å². The van der Waals surface area contributed by atoms with Crippen LogP contribution in [0.1, 0.15) is 29.7 Å². The van der Waals surface area contributed by atoms with Crippen molar-refractivity contribution in [3.05, 3.63) is 50.1 Å². The molecule has 1 aromatic heterocycles. The lowest BCUT2D eigenvalue weighted by Gasteiger charge is -2.10. The van der Waals surface area contributed by atoms with Crippen LogP contribution in [0.15, 0.2) is 33.4 Å². The van der Waals surface area contributed by atoms with Crippen molar-refractivity contribution in [1.82, 2.24) is 0 Å². The van der Waals surface area contributed by atoms with Crippen LogP contribution in [-0.4, -0.2) is 11.2 Å². The Bertz CT molecular complexity index is 579. The maximum atomic E-state index is 10.3. The van der Waals surface area contributed by atoms with Crippen LogP contribution in [0.3, 0.4) is 0 Å². The molecular formula is C14H13BrO2S. The highest BCUT2D eigenvalue weighted by Gasteiger charge is 2.21. The number of ether oxygens (including phenoxy) is 1. The zero-order chi connectivity index (χ0) is 12.7. The fourth-order valence-electron chi connectivity index (χ4n) is 2.27. The Morgan fingerprint density at radius 2 is 2.22 bits per heavy atom. The molecule has 1 aliphatic rings. The first-order valence-corrected chi connectivity index (χ1v) is 7.52. The van der Waals surface area contributed by atoms with Gasteiger partial charge in [0.15, 0.2) is 0 Å². The lowest BCUT2D eigenvalue weighted by Crippen LogP contribution is -2.05. The highest BCUT2D eigenvalue weighted by atomic mass is 79.9. The van der Waals surface area contributed by atoms with Crippen molar-refractivity contribution in [2.75, 3.05) is 0 Å². The molecule has 0 saturated heterocycles. The smallest absolute Gasteiger partial charge is 0.123 e. The normalized spacial score (nSPS) is 19.4. The molecule has 0 fully saturated rings. The SMILES string of the molecule is CC1Cc2cc(C(O)c3csc(Br)c3)ccc2O1. The van der Waals surface area contributed by atoms with Gasteiger partial charge in [0.1, 0.15) is 18.0 Å². The minimum atomic E-state index is -0.561. The van der Waals surface area contributed by atoms with E-state index >= 15 is 0 Å². The molecule has 2 aromatic rings. The molecule has 0 bridgehead atoms. The van der Waals surface area contributed by atoms with E-state index < -0.39 is 6.10 Å². The first kappa shape index (κ1) is 12.2. The molecule has 4 heteroatoms. The summed E-state index contributed by atoms with van der Waals surface area (Å²) >= 11 is 5.00. The standard InChI is InChI=1S/C14H13BrO2S/c1-8-4-10-5-9(2-3-12(10)17-8)14(16)11-6-13(15)18-7-11/h2-3,5-8,14,16H,4H2,1H3. The average Bonchev–Trinajstić information content (AvgIpc) is 2.92. The molecule has 0 radical (unpaired) electrons. The summed E-state index contributed by atoms with van der Waals surface area (Å²) in [7, 11) is 0. The fourth-order valence-corrected chi connectivity index (χ4v) is 3.47. The predicted octanol–water partition coefficient (Wildman–Crippen LogP) is 3.92. The topological polar surface area (TPSA) is 29.5 Å². The van der Waals surface area contributed by atoms with E-state index in [1.807, 2.05) is 23.6 Å². The van der Waals surface area contributed by atoms with Crippen LogP contribution in [0.2, 0.25) is 0 Å². The highest BCUT2D eigenvalue weighted by Crippen LogP contribution is 2.34. The molecule has 2 atom stereocenters. The minimum absolute atomic E-state index is 0.239. The van der Waals surface area contributed by atoms with Crippen LogP contribution < -0.4 is 4.74 Å². The second kappa shape index (κ2) is 4.68. The van der Waals surface area contributed by atoms with E-state index in [1.165, 1.54) is 5.56 Å². The number of aliphatic hydroxyl groups excluding tert-OH is 1. The Labute approximate surface area is 118 Å². The Morgan fingerprint density at radius 1 is 1.39 bits per heavy atom.